The molecule has 0 atom stereocenters. The molecular weight excluding hydrogens is 232 g/mol. The summed E-state index contributed by atoms with van der Waals surface area (Å²) in [6.07, 6.45) is 0.533. The Kier molecular flexibility index (Phi) is 3.82. The summed E-state index contributed by atoms with van der Waals surface area (Å²) >= 11 is 0. The lowest BCUT2D eigenvalue weighted by Gasteiger charge is -2.08. The molecule has 1 amide bonds. The van der Waals surface area contributed by atoms with Gasteiger partial charge < -0.3 is 9.47 Å². The van der Waals surface area contributed by atoms with E-state index >= 15 is 0 Å². The van der Waals surface area contributed by atoms with Gasteiger partial charge in [0.2, 0.25) is 5.88 Å². The Morgan fingerprint density at radius 1 is 1.44 bits per heavy atom. The number of carbonyl (C=O) groups excluding carboxylic acids is 1. The van der Waals surface area contributed by atoms with Crippen LogP contribution in [0.15, 0.2) is 41.8 Å². The van der Waals surface area contributed by atoms with Crippen LogP contribution in [0.2, 0.25) is 0 Å². The maximum absolute atomic E-state index is 11.6. The number of hydrogen-bond donors (Lipinski definition) is 1. The minimum Gasteiger partial charge on any atom is -0.484 e. The van der Waals surface area contributed by atoms with Crippen molar-refractivity contribution >= 4 is 5.91 Å². The van der Waals surface area contributed by atoms with Crippen LogP contribution < -0.4 is 10.1 Å². The van der Waals surface area contributed by atoms with E-state index < -0.39 is 0 Å². The van der Waals surface area contributed by atoms with Crippen LogP contribution in [0.1, 0.15) is 6.42 Å². The van der Waals surface area contributed by atoms with Crippen LogP contribution in [0.4, 0.5) is 0 Å². The van der Waals surface area contributed by atoms with Gasteiger partial charge in [-0.25, -0.2) is 0 Å². The highest BCUT2D eigenvalue weighted by molar-refractivity contribution is 5.79. The number of ether oxygens (including phenoxy) is 2. The molecule has 0 saturated carbocycles. The zero-order valence-corrected chi connectivity index (χ0v) is 9.68. The number of carbonyl (C=O) groups is 1. The Labute approximate surface area is 105 Å². The van der Waals surface area contributed by atoms with Gasteiger partial charge in [-0.1, -0.05) is 18.2 Å². The number of amides is 1. The summed E-state index contributed by atoms with van der Waals surface area (Å²) in [6, 6.07) is 11.0. The third kappa shape index (κ3) is 3.01. The van der Waals surface area contributed by atoms with Crippen LogP contribution >= 0.6 is 0 Å². The molecule has 0 unspecified atom stereocenters. The fourth-order valence-electron chi connectivity index (χ4n) is 1.50. The molecule has 0 radical (unpaired) electrons. The summed E-state index contributed by atoms with van der Waals surface area (Å²) in [5, 5.41) is 11.3. The Balaban J connectivity index is 1.85. The zero-order chi connectivity index (χ0) is 12.8. The molecule has 5 heteroatoms. The topological polar surface area (TPSA) is 71.4 Å². The maximum atomic E-state index is 11.6. The summed E-state index contributed by atoms with van der Waals surface area (Å²) in [4.78, 5) is 11.6. The van der Waals surface area contributed by atoms with Crippen LogP contribution in [0.3, 0.4) is 0 Å². The molecule has 1 aliphatic rings. The first-order valence-corrected chi connectivity index (χ1v) is 5.53. The summed E-state index contributed by atoms with van der Waals surface area (Å²) < 4.78 is 10.4. The molecule has 1 aromatic carbocycles. The zero-order valence-electron chi connectivity index (χ0n) is 9.68. The van der Waals surface area contributed by atoms with Gasteiger partial charge >= 0.3 is 0 Å². The molecule has 1 aliphatic heterocycles. The van der Waals surface area contributed by atoms with E-state index in [0.29, 0.717) is 24.4 Å². The largest absolute Gasteiger partial charge is 0.484 e. The summed E-state index contributed by atoms with van der Waals surface area (Å²) in [7, 11) is 0. The van der Waals surface area contributed by atoms with E-state index in [1.54, 1.807) is 12.1 Å². The van der Waals surface area contributed by atoms with Crippen molar-refractivity contribution in [3.63, 3.8) is 0 Å². The summed E-state index contributed by atoms with van der Waals surface area (Å²) in [6.45, 7) is 0.313. The molecule has 0 spiro atoms. The Bertz CT molecular complexity index is 503. The number of para-hydroxylation sites is 1. The van der Waals surface area contributed by atoms with Crippen molar-refractivity contribution in [1.82, 2.24) is 5.32 Å². The van der Waals surface area contributed by atoms with Crippen molar-refractivity contribution in [3.8, 4) is 11.8 Å². The maximum Gasteiger partial charge on any atom is 0.264 e. The third-order valence-corrected chi connectivity index (χ3v) is 2.37. The molecule has 18 heavy (non-hydrogen) atoms. The van der Waals surface area contributed by atoms with E-state index in [4.69, 9.17) is 14.7 Å². The van der Waals surface area contributed by atoms with Gasteiger partial charge in [-0.2, -0.15) is 5.26 Å². The molecule has 1 N–H and O–H groups in total. The van der Waals surface area contributed by atoms with Crippen LogP contribution in [0, 0.1) is 11.3 Å². The van der Waals surface area contributed by atoms with E-state index in [0.717, 1.165) is 0 Å². The fraction of sp³-hybridized carbons (Fsp3) is 0.231. The Hall–Kier alpha value is -2.48. The second-order valence-electron chi connectivity index (χ2n) is 3.67. The van der Waals surface area contributed by atoms with Crippen molar-refractivity contribution in [2.75, 3.05) is 13.2 Å². The molecule has 2 rings (SSSR count). The van der Waals surface area contributed by atoms with Gasteiger partial charge in [0.15, 0.2) is 6.61 Å². The average molecular weight is 244 g/mol. The van der Waals surface area contributed by atoms with Crippen molar-refractivity contribution in [2.24, 2.45) is 0 Å². The van der Waals surface area contributed by atoms with Gasteiger partial charge in [0.1, 0.15) is 11.8 Å². The summed E-state index contributed by atoms with van der Waals surface area (Å²) in [5.74, 6) is 0.525. The average Bonchev–Trinajstić information content (AvgIpc) is 2.85. The number of hydrogen-bond acceptors (Lipinski definition) is 4. The van der Waals surface area contributed by atoms with E-state index in [2.05, 4.69) is 5.32 Å². The van der Waals surface area contributed by atoms with Crippen LogP contribution in [0.25, 0.3) is 0 Å². The van der Waals surface area contributed by atoms with Gasteiger partial charge in [-0.05, 0) is 12.1 Å². The van der Waals surface area contributed by atoms with Gasteiger partial charge in [-0.15, -0.1) is 0 Å². The minimum absolute atomic E-state index is 0.115. The molecule has 0 fully saturated rings. The number of nitrogens with zero attached hydrogens (tertiary/aromatic N) is 1. The molecule has 1 heterocycles. The third-order valence-electron chi connectivity index (χ3n) is 2.37. The fourth-order valence-corrected chi connectivity index (χ4v) is 1.50. The second-order valence-corrected chi connectivity index (χ2v) is 3.67. The molecule has 1 aromatic rings. The van der Waals surface area contributed by atoms with Gasteiger partial charge in [0, 0.05) is 6.42 Å². The minimum atomic E-state index is -0.344. The van der Waals surface area contributed by atoms with Crippen LogP contribution in [0.5, 0.6) is 5.75 Å². The molecular formula is C13H12N2O3. The molecule has 0 aromatic heterocycles. The highest BCUT2D eigenvalue weighted by Crippen LogP contribution is 2.15. The monoisotopic (exact) mass is 244 g/mol. The van der Waals surface area contributed by atoms with Gasteiger partial charge in [0.25, 0.3) is 5.91 Å². The molecule has 92 valence electrons. The Morgan fingerprint density at radius 2 is 2.22 bits per heavy atom. The molecule has 0 aliphatic carbocycles. The van der Waals surface area contributed by atoms with Crippen LogP contribution in [-0.4, -0.2) is 19.1 Å². The normalized spacial score (nSPS) is 13.7. The highest BCUT2D eigenvalue weighted by atomic mass is 16.5. The first-order chi connectivity index (χ1) is 8.79. The predicted molar refractivity (Wildman–Crippen MR) is 63.3 cm³/mol. The first-order valence-electron chi connectivity index (χ1n) is 5.53. The lowest BCUT2D eigenvalue weighted by molar-refractivity contribution is -0.123. The second kappa shape index (κ2) is 5.73. The predicted octanol–water partition coefficient (Wildman–Crippen LogP) is 1.34. The van der Waals surface area contributed by atoms with Crippen molar-refractivity contribution in [2.45, 2.75) is 6.42 Å². The number of benzene rings is 1. The molecule has 0 bridgehead atoms. The van der Waals surface area contributed by atoms with Crippen molar-refractivity contribution in [1.29, 1.82) is 5.26 Å². The highest BCUT2D eigenvalue weighted by Gasteiger charge is 2.18. The number of nitrogens with one attached hydrogen (secondary N) is 1. The van der Waals surface area contributed by atoms with Crippen LogP contribution in [-0.2, 0) is 9.53 Å². The van der Waals surface area contributed by atoms with Crippen molar-refractivity contribution in [3.05, 3.63) is 41.8 Å². The first kappa shape index (κ1) is 12.0. The summed E-state index contributed by atoms with van der Waals surface area (Å²) in [5.41, 5.74) is 0.461. The lowest BCUT2D eigenvalue weighted by atomic mass is 10.2. The van der Waals surface area contributed by atoms with E-state index in [9.17, 15) is 4.79 Å². The van der Waals surface area contributed by atoms with Crippen molar-refractivity contribution < 1.29 is 14.3 Å². The number of nitriles is 1. The van der Waals surface area contributed by atoms with E-state index in [-0.39, 0.29) is 18.4 Å². The molecule has 0 saturated heterocycles. The molecule has 5 nitrogen and oxygen atoms in total. The lowest BCUT2D eigenvalue weighted by Crippen LogP contribution is -2.29. The Morgan fingerprint density at radius 3 is 2.94 bits per heavy atom. The standard InChI is InChI=1S/C13H12N2O3/c14-8-10-6-7-17-13(10)15-12(16)9-18-11-4-2-1-3-5-11/h1-5H,6-7,9H2,(H,15,16). The van der Waals surface area contributed by atoms with E-state index in [1.807, 2.05) is 24.3 Å². The van der Waals surface area contributed by atoms with Gasteiger partial charge in [0.05, 0.1) is 12.2 Å². The van der Waals surface area contributed by atoms with E-state index in [1.165, 1.54) is 0 Å². The quantitative estimate of drug-likeness (QED) is 0.867. The number of rotatable bonds is 4. The smallest absolute Gasteiger partial charge is 0.264 e. The SMILES string of the molecule is N#CC1=C(NC(=O)COc2ccccc2)OCC1. The van der Waals surface area contributed by atoms with Gasteiger partial charge in [-0.3, -0.25) is 10.1 Å².